The van der Waals surface area contributed by atoms with E-state index in [1.165, 1.54) is 7.11 Å². The summed E-state index contributed by atoms with van der Waals surface area (Å²) in [5, 5.41) is 20.8. The van der Waals surface area contributed by atoms with Gasteiger partial charge in [0, 0.05) is 5.57 Å². The highest BCUT2D eigenvalue weighted by atomic mass is 16.5. The van der Waals surface area contributed by atoms with Gasteiger partial charge in [-0.25, -0.2) is 4.79 Å². The number of carbonyl (C=O) groups is 1. The van der Waals surface area contributed by atoms with Crippen molar-refractivity contribution in [1.82, 2.24) is 0 Å². The van der Waals surface area contributed by atoms with Crippen LogP contribution >= 0.6 is 0 Å². The summed E-state index contributed by atoms with van der Waals surface area (Å²) in [6.07, 6.45) is 3.41. The molecule has 2 fully saturated rings. The van der Waals surface area contributed by atoms with Crippen LogP contribution in [0, 0.1) is 17.3 Å². The summed E-state index contributed by atoms with van der Waals surface area (Å²) in [7, 11) is 1.36. The maximum Gasteiger partial charge on any atom is 0.333 e. The van der Waals surface area contributed by atoms with E-state index in [9.17, 15) is 15.0 Å². The summed E-state index contributed by atoms with van der Waals surface area (Å²) >= 11 is 0. The van der Waals surface area contributed by atoms with E-state index in [0.717, 1.165) is 19.3 Å². The minimum atomic E-state index is -1.10. The molecule has 2 aliphatic rings. The molecule has 0 aromatic carbocycles. The fourth-order valence-electron chi connectivity index (χ4n) is 4.21. The predicted molar refractivity (Wildman–Crippen MR) is 76.0 cm³/mol. The van der Waals surface area contributed by atoms with Crippen molar-refractivity contribution in [3.8, 4) is 0 Å². The number of carbonyl (C=O) groups excluding carboxylic acids is 1. The van der Waals surface area contributed by atoms with Gasteiger partial charge in [-0.1, -0.05) is 13.5 Å². The lowest BCUT2D eigenvalue weighted by Gasteiger charge is -2.56. The highest BCUT2D eigenvalue weighted by Gasteiger charge is 2.55. The first-order valence-electron chi connectivity index (χ1n) is 7.40. The quantitative estimate of drug-likeness (QED) is 0.601. The molecule has 4 nitrogen and oxygen atoms in total. The number of aliphatic hydroxyl groups excluding tert-OH is 1. The highest BCUT2D eigenvalue weighted by Crippen LogP contribution is 2.56. The van der Waals surface area contributed by atoms with E-state index in [-0.39, 0.29) is 23.2 Å². The van der Waals surface area contributed by atoms with Gasteiger partial charge >= 0.3 is 5.97 Å². The SMILES string of the molecule is C=C(C(=O)OC)[C@@H]1CC[C@@]2(C)CC[C@@H](O)[C@](C)(O)[C@@H]2C1. The molecule has 0 aromatic heterocycles. The minimum Gasteiger partial charge on any atom is -0.466 e. The third kappa shape index (κ3) is 2.40. The molecule has 5 atom stereocenters. The third-order valence-corrected chi connectivity index (χ3v) is 5.73. The molecular weight excluding hydrogens is 256 g/mol. The van der Waals surface area contributed by atoms with Crippen LogP contribution in [0.4, 0.5) is 0 Å². The van der Waals surface area contributed by atoms with Gasteiger partial charge in [-0.2, -0.15) is 0 Å². The van der Waals surface area contributed by atoms with E-state index in [0.29, 0.717) is 18.4 Å². The number of fused-ring (bicyclic) bond motifs is 1. The predicted octanol–water partition coefficient (Wildman–Crippen LogP) is 2.04. The largest absolute Gasteiger partial charge is 0.466 e. The Labute approximate surface area is 120 Å². The van der Waals surface area contributed by atoms with Crippen LogP contribution < -0.4 is 0 Å². The Kier molecular flexibility index (Phi) is 4.00. The summed E-state index contributed by atoms with van der Waals surface area (Å²) in [5.74, 6) is -0.342. The monoisotopic (exact) mass is 282 g/mol. The summed E-state index contributed by atoms with van der Waals surface area (Å²) in [6, 6.07) is 0. The number of hydrogen-bond donors (Lipinski definition) is 2. The van der Waals surface area contributed by atoms with Gasteiger partial charge in [-0.05, 0) is 56.3 Å². The molecule has 2 aliphatic carbocycles. The number of ether oxygens (including phenoxy) is 1. The van der Waals surface area contributed by atoms with Gasteiger partial charge < -0.3 is 14.9 Å². The van der Waals surface area contributed by atoms with E-state index >= 15 is 0 Å². The molecule has 0 aromatic rings. The van der Waals surface area contributed by atoms with Crippen molar-refractivity contribution in [3.05, 3.63) is 12.2 Å². The van der Waals surface area contributed by atoms with Crippen LogP contribution in [0.15, 0.2) is 12.2 Å². The normalized spacial score (nSPS) is 44.5. The zero-order chi connectivity index (χ0) is 15.1. The first-order chi connectivity index (χ1) is 9.22. The van der Waals surface area contributed by atoms with E-state index in [1.807, 2.05) is 0 Å². The van der Waals surface area contributed by atoms with Crippen LogP contribution in [-0.4, -0.2) is 35.0 Å². The molecule has 0 amide bonds. The molecule has 0 unspecified atom stereocenters. The fourth-order valence-corrected chi connectivity index (χ4v) is 4.21. The van der Waals surface area contributed by atoms with Gasteiger partial charge in [0.1, 0.15) is 0 Å². The van der Waals surface area contributed by atoms with Gasteiger partial charge in [0.15, 0.2) is 0 Å². The first kappa shape index (κ1) is 15.5. The molecule has 114 valence electrons. The number of hydrogen-bond acceptors (Lipinski definition) is 4. The van der Waals surface area contributed by atoms with Crippen molar-refractivity contribution in [2.45, 2.75) is 57.7 Å². The Bertz CT molecular complexity index is 410. The molecule has 2 N–H and O–H groups in total. The molecule has 4 heteroatoms. The number of aliphatic hydroxyl groups is 2. The highest BCUT2D eigenvalue weighted by molar-refractivity contribution is 5.88. The molecule has 2 saturated carbocycles. The maximum absolute atomic E-state index is 11.6. The molecule has 2 rings (SSSR count). The Balaban J connectivity index is 2.20. The molecule has 0 radical (unpaired) electrons. The molecule has 0 saturated heterocycles. The van der Waals surface area contributed by atoms with Crippen molar-refractivity contribution in [2.75, 3.05) is 7.11 Å². The molecule has 20 heavy (non-hydrogen) atoms. The smallest absolute Gasteiger partial charge is 0.333 e. The van der Waals surface area contributed by atoms with Gasteiger partial charge in [0.2, 0.25) is 0 Å². The summed E-state index contributed by atoms with van der Waals surface area (Å²) in [5.41, 5.74) is -0.567. The van der Waals surface area contributed by atoms with Gasteiger partial charge in [-0.3, -0.25) is 0 Å². The van der Waals surface area contributed by atoms with Crippen LogP contribution in [0.1, 0.15) is 46.0 Å². The maximum atomic E-state index is 11.6. The van der Waals surface area contributed by atoms with E-state index in [2.05, 4.69) is 13.5 Å². The minimum absolute atomic E-state index is 0.0149. The van der Waals surface area contributed by atoms with Crippen molar-refractivity contribution in [3.63, 3.8) is 0 Å². The van der Waals surface area contributed by atoms with E-state index in [4.69, 9.17) is 4.74 Å². The second-order valence-electron chi connectivity index (χ2n) is 6.98. The fraction of sp³-hybridized carbons (Fsp3) is 0.812. The summed E-state index contributed by atoms with van der Waals surface area (Å²) in [4.78, 5) is 11.6. The summed E-state index contributed by atoms with van der Waals surface area (Å²) < 4.78 is 4.75. The molecule has 0 spiro atoms. The van der Waals surface area contributed by atoms with Crippen molar-refractivity contribution in [2.24, 2.45) is 17.3 Å². The lowest BCUT2D eigenvalue weighted by Crippen LogP contribution is -2.58. The van der Waals surface area contributed by atoms with Gasteiger partial charge in [0.25, 0.3) is 0 Å². The average Bonchev–Trinajstić information content (AvgIpc) is 2.42. The average molecular weight is 282 g/mol. The van der Waals surface area contributed by atoms with E-state index in [1.54, 1.807) is 6.92 Å². The third-order valence-electron chi connectivity index (χ3n) is 5.73. The zero-order valence-corrected chi connectivity index (χ0v) is 12.7. The topological polar surface area (TPSA) is 66.8 Å². The van der Waals surface area contributed by atoms with Crippen molar-refractivity contribution < 1.29 is 19.7 Å². The second-order valence-corrected chi connectivity index (χ2v) is 6.98. The van der Waals surface area contributed by atoms with Crippen LogP contribution in [-0.2, 0) is 9.53 Å². The molecule has 0 bridgehead atoms. The van der Waals surface area contributed by atoms with Gasteiger partial charge in [-0.15, -0.1) is 0 Å². The zero-order valence-electron chi connectivity index (χ0n) is 12.7. The van der Waals surface area contributed by atoms with Crippen LogP contribution in [0.5, 0.6) is 0 Å². The van der Waals surface area contributed by atoms with Crippen molar-refractivity contribution >= 4 is 5.97 Å². The number of esters is 1. The Morgan fingerprint density at radius 1 is 1.30 bits per heavy atom. The number of rotatable bonds is 2. The summed E-state index contributed by atoms with van der Waals surface area (Å²) in [6.45, 7) is 7.77. The molecule has 0 aliphatic heterocycles. The first-order valence-corrected chi connectivity index (χ1v) is 7.40. The Morgan fingerprint density at radius 2 is 1.90 bits per heavy atom. The standard InChI is InChI=1S/C16H26O4/c1-10(14(18)20-4)11-5-7-15(2)8-6-13(17)16(3,19)12(15)9-11/h11-13,17,19H,1,5-9H2,2-4H3/t11-,12-,13-,15+,16-/m1/s1. The lowest BCUT2D eigenvalue weighted by molar-refractivity contribution is -0.183. The van der Waals surface area contributed by atoms with E-state index < -0.39 is 11.7 Å². The lowest BCUT2D eigenvalue weighted by atomic mass is 9.52. The van der Waals surface area contributed by atoms with Gasteiger partial charge in [0.05, 0.1) is 18.8 Å². The van der Waals surface area contributed by atoms with Crippen LogP contribution in [0.2, 0.25) is 0 Å². The van der Waals surface area contributed by atoms with Crippen LogP contribution in [0.3, 0.4) is 0 Å². The Hall–Kier alpha value is -0.870. The van der Waals surface area contributed by atoms with Crippen molar-refractivity contribution in [1.29, 1.82) is 0 Å². The second kappa shape index (κ2) is 5.15. The molecule has 0 heterocycles. The number of methoxy groups -OCH3 is 1. The Morgan fingerprint density at radius 3 is 2.50 bits per heavy atom. The van der Waals surface area contributed by atoms with Crippen LogP contribution in [0.25, 0.3) is 0 Å². The molecular formula is C16H26O4.